The van der Waals surface area contributed by atoms with Gasteiger partial charge in [-0.15, -0.1) is 0 Å². The molecular formula is C13H14O5. The number of carbonyl (C=O) groups excluding carboxylic acids is 2. The van der Waals surface area contributed by atoms with Crippen LogP contribution < -0.4 is 0 Å². The quantitative estimate of drug-likeness (QED) is 0.495. The van der Waals surface area contributed by atoms with Gasteiger partial charge in [-0.1, -0.05) is 0 Å². The predicted octanol–water partition coefficient (Wildman–Crippen LogP) is 2.34. The second-order valence-corrected chi connectivity index (χ2v) is 4.06. The van der Waals surface area contributed by atoms with Crippen LogP contribution in [0.3, 0.4) is 0 Å². The molecule has 96 valence electrons. The SMILES string of the molecule is CCOC(=O)c1oc2c(c1C)C(=O)C(=CO)CC2. The van der Waals surface area contributed by atoms with E-state index in [-0.39, 0.29) is 18.2 Å². The van der Waals surface area contributed by atoms with Gasteiger partial charge in [0.1, 0.15) is 5.76 Å². The van der Waals surface area contributed by atoms with Gasteiger partial charge in [-0.3, -0.25) is 4.79 Å². The first kappa shape index (κ1) is 12.4. The third kappa shape index (κ3) is 1.81. The van der Waals surface area contributed by atoms with Gasteiger partial charge in [0, 0.05) is 17.6 Å². The number of hydrogen-bond acceptors (Lipinski definition) is 5. The summed E-state index contributed by atoms with van der Waals surface area (Å²) in [5.74, 6) is -0.275. The normalized spacial score (nSPS) is 16.8. The standard InChI is InChI=1S/C13H14O5/c1-3-17-13(16)12-7(2)10-9(18-12)5-4-8(6-14)11(10)15/h6,14H,3-5H2,1-2H3. The summed E-state index contributed by atoms with van der Waals surface area (Å²) in [7, 11) is 0. The van der Waals surface area contributed by atoms with Crippen LogP contribution in [-0.4, -0.2) is 23.5 Å². The molecule has 5 nitrogen and oxygen atoms in total. The number of hydrogen-bond donors (Lipinski definition) is 1. The van der Waals surface area contributed by atoms with Crippen LogP contribution in [0.1, 0.15) is 45.6 Å². The van der Waals surface area contributed by atoms with Crippen LogP contribution in [0.15, 0.2) is 16.3 Å². The minimum absolute atomic E-state index is 0.0781. The highest BCUT2D eigenvalue weighted by atomic mass is 16.5. The molecule has 0 fully saturated rings. The number of ether oxygens (including phenoxy) is 1. The number of rotatable bonds is 2. The summed E-state index contributed by atoms with van der Waals surface area (Å²) in [5.41, 5.74) is 1.19. The Labute approximate surface area is 104 Å². The number of allylic oxidation sites excluding steroid dienone is 1. The van der Waals surface area contributed by atoms with E-state index in [2.05, 4.69) is 0 Å². The van der Waals surface area contributed by atoms with E-state index < -0.39 is 5.97 Å². The second kappa shape index (κ2) is 4.68. The Morgan fingerprint density at radius 1 is 1.50 bits per heavy atom. The Hall–Kier alpha value is -2.04. The lowest BCUT2D eigenvalue weighted by atomic mass is 9.90. The van der Waals surface area contributed by atoms with Gasteiger partial charge in [0.25, 0.3) is 0 Å². The van der Waals surface area contributed by atoms with E-state index in [0.29, 0.717) is 35.3 Å². The van der Waals surface area contributed by atoms with Crippen molar-refractivity contribution in [2.75, 3.05) is 6.61 Å². The van der Waals surface area contributed by atoms with E-state index in [4.69, 9.17) is 14.3 Å². The third-order valence-electron chi connectivity index (χ3n) is 2.98. The lowest BCUT2D eigenvalue weighted by Crippen LogP contribution is -2.13. The van der Waals surface area contributed by atoms with Crippen molar-refractivity contribution in [3.05, 3.63) is 34.5 Å². The lowest BCUT2D eigenvalue weighted by Gasteiger charge is -2.11. The van der Waals surface area contributed by atoms with Crippen LogP contribution in [0.4, 0.5) is 0 Å². The third-order valence-corrected chi connectivity index (χ3v) is 2.98. The van der Waals surface area contributed by atoms with E-state index >= 15 is 0 Å². The maximum absolute atomic E-state index is 12.0. The van der Waals surface area contributed by atoms with Gasteiger partial charge >= 0.3 is 5.97 Å². The molecule has 1 aromatic rings. The first-order chi connectivity index (χ1) is 8.60. The van der Waals surface area contributed by atoms with E-state index in [1.807, 2.05) is 0 Å². The summed E-state index contributed by atoms with van der Waals surface area (Å²) < 4.78 is 10.3. The van der Waals surface area contributed by atoms with Crippen molar-refractivity contribution < 1.29 is 23.8 Å². The predicted molar refractivity (Wildman–Crippen MR) is 62.8 cm³/mol. The van der Waals surface area contributed by atoms with Crippen LogP contribution in [0, 0.1) is 6.92 Å². The van der Waals surface area contributed by atoms with Gasteiger partial charge in [0.05, 0.1) is 18.4 Å². The molecule has 1 aromatic heterocycles. The molecule has 0 atom stereocenters. The molecule has 1 aliphatic rings. The number of carbonyl (C=O) groups is 2. The maximum atomic E-state index is 12.0. The number of aryl methyl sites for hydroxylation is 1. The molecule has 0 amide bonds. The smallest absolute Gasteiger partial charge is 0.374 e. The van der Waals surface area contributed by atoms with E-state index in [0.717, 1.165) is 6.26 Å². The number of Topliss-reactive ketones (excluding diaryl/α,β-unsaturated/α-hetero) is 1. The number of fused-ring (bicyclic) bond motifs is 1. The molecule has 0 bridgehead atoms. The van der Waals surface area contributed by atoms with Crippen LogP contribution >= 0.6 is 0 Å². The zero-order valence-electron chi connectivity index (χ0n) is 10.3. The maximum Gasteiger partial charge on any atom is 0.374 e. The minimum Gasteiger partial charge on any atom is -0.515 e. The summed E-state index contributed by atoms with van der Waals surface area (Å²) in [6.07, 6.45) is 1.73. The second-order valence-electron chi connectivity index (χ2n) is 4.06. The molecule has 1 aliphatic carbocycles. The number of aliphatic hydroxyl groups is 1. The van der Waals surface area contributed by atoms with Crippen molar-refractivity contribution >= 4 is 11.8 Å². The number of ketones is 1. The molecule has 0 saturated heterocycles. The highest BCUT2D eigenvalue weighted by Crippen LogP contribution is 2.31. The molecule has 0 spiro atoms. The van der Waals surface area contributed by atoms with Gasteiger partial charge < -0.3 is 14.3 Å². The molecule has 0 radical (unpaired) electrons. The fourth-order valence-corrected chi connectivity index (χ4v) is 2.08. The van der Waals surface area contributed by atoms with Gasteiger partial charge in [-0.25, -0.2) is 4.79 Å². The Bertz CT molecular complexity index is 536. The van der Waals surface area contributed by atoms with E-state index in [1.165, 1.54) is 0 Å². The molecule has 0 aliphatic heterocycles. The molecule has 0 unspecified atom stereocenters. The van der Waals surface area contributed by atoms with Gasteiger partial charge in [-0.2, -0.15) is 0 Å². The molecule has 1 N–H and O–H groups in total. The van der Waals surface area contributed by atoms with Crippen molar-refractivity contribution in [2.45, 2.75) is 26.7 Å². The number of furan rings is 1. The number of esters is 1. The lowest BCUT2D eigenvalue weighted by molar-refractivity contribution is 0.0486. The molecule has 0 saturated carbocycles. The summed E-state index contributed by atoms with van der Waals surface area (Å²) >= 11 is 0. The topological polar surface area (TPSA) is 76.7 Å². The average molecular weight is 250 g/mol. The average Bonchev–Trinajstić information content (AvgIpc) is 2.68. The largest absolute Gasteiger partial charge is 0.515 e. The molecular weight excluding hydrogens is 236 g/mol. The Morgan fingerprint density at radius 3 is 2.83 bits per heavy atom. The van der Waals surface area contributed by atoms with Crippen LogP contribution in [0.2, 0.25) is 0 Å². The first-order valence-corrected chi connectivity index (χ1v) is 5.77. The fourth-order valence-electron chi connectivity index (χ4n) is 2.08. The molecule has 5 heteroatoms. The highest BCUT2D eigenvalue weighted by molar-refractivity contribution is 6.12. The summed E-state index contributed by atoms with van der Waals surface area (Å²) in [6.45, 7) is 3.60. The molecule has 0 aromatic carbocycles. The highest BCUT2D eigenvalue weighted by Gasteiger charge is 2.32. The van der Waals surface area contributed by atoms with Crippen LogP contribution in [-0.2, 0) is 11.2 Å². The Kier molecular flexibility index (Phi) is 3.23. The van der Waals surface area contributed by atoms with Crippen molar-refractivity contribution in [3.8, 4) is 0 Å². The van der Waals surface area contributed by atoms with E-state index in [9.17, 15) is 9.59 Å². The van der Waals surface area contributed by atoms with Crippen LogP contribution in [0.25, 0.3) is 0 Å². The summed E-state index contributed by atoms with van der Waals surface area (Å²) in [6, 6.07) is 0. The zero-order valence-corrected chi connectivity index (χ0v) is 10.3. The Morgan fingerprint density at radius 2 is 2.22 bits per heavy atom. The van der Waals surface area contributed by atoms with Crippen molar-refractivity contribution in [1.29, 1.82) is 0 Å². The molecule has 2 rings (SSSR count). The zero-order chi connectivity index (χ0) is 13.3. The summed E-state index contributed by atoms with van der Waals surface area (Å²) in [4.78, 5) is 23.7. The van der Waals surface area contributed by atoms with Crippen molar-refractivity contribution in [3.63, 3.8) is 0 Å². The van der Waals surface area contributed by atoms with Crippen molar-refractivity contribution in [1.82, 2.24) is 0 Å². The van der Waals surface area contributed by atoms with E-state index in [1.54, 1.807) is 13.8 Å². The van der Waals surface area contributed by atoms with Crippen molar-refractivity contribution in [2.24, 2.45) is 0 Å². The van der Waals surface area contributed by atoms with Gasteiger partial charge in [-0.05, 0) is 20.3 Å². The number of aliphatic hydroxyl groups excluding tert-OH is 1. The molecule has 1 heterocycles. The monoisotopic (exact) mass is 250 g/mol. The Balaban J connectivity index is 2.47. The first-order valence-electron chi connectivity index (χ1n) is 5.77. The minimum atomic E-state index is -0.563. The summed E-state index contributed by atoms with van der Waals surface area (Å²) in [5, 5.41) is 8.97. The fraction of sp³-hybridized carbons (Fsp3) is 0.385. The van der Waals surface area contributed by atoms with Crippen LogP contribution in [0.5, 0.6) is 0 Å². The van der Waals surface area contributed by atoms with Gasteiger partial charge in [0.15, 0.2) is 5.78 Å². The van der Waals surface area contributed by atoms with Gasteiger partial charge in [0.2, 0.25) is 5.76 Å². The molecule has 18 heavy (non-hydrogen) atoms.